The van der Waals surface area contributed by atoms with Crippen LogP contribution in [0.15, 0.2) is 55.1 Å². The van der Waals surface area contributed by atoms with Crippen molar-refractivity contribution in [2.24, 2.45) is 0 Å². The zero-order valence-electron chi connectivity index (χ0n) is 21.0. The van der Waals surface area contributed by atoms with E-state index in [9.17, 15) is 0 Å². The van der Waals surface area contributed by atoms with Crippen LogP contribution in [-0.2, 0) is 6.54 Å². The third kappa shape index (κ3) is 5.18. The number of anilines is 2. The highest BCUT2D eigenvalue weighted by molar-refractivity contribution is 5.93. The second-order valence-electron chi connectivity index (χ2n) is 9.77. The molecule has 0 spiro atoms. The van der Waals surface area contributed by atoms with Gasteiger partial charge in [-0.3, -0.25) is 9.80 Å². The van der Waals surface area contributed by atoms with Crippen LogP contribution in [0.25, 0.3) is 22.3 Å². The zero-order chi connectivity index (χ0) is 24.4. The highest BCUT2D eigenvalue weighted by atomic mass is 15.3. The van der Waals surface area contributed by atoms with Gasteiger partial charge in [0.25, 0.3) is 0 Å². The summed E-state index contributed by atoms with van der Waals surface area (Å²) >= 11 is 0. The predicted octanol–water partition coefficient (Wildman–Crippen LogP) is 4.74. The van der Waals surface area contributed by atoms with Crippen LogP contribution >= 0.6 is 0 Å². The summed E-state index contributed by atoms with van der Waals surface area (Å²) < 4.78 is 2.18. The average molecular weight is 471 g/mol. The SMILES string of the molecule is CC(C)N1CCN(Cc2ccc(Nc3nccc(-c4cn(C(C)C)c5ncccc45)n3)nc2)CC1. The maximum absolute atomic E-state index is 4.78. The minimum Gasteiger partial charge on any atom is -0.329 e. The maximum Gasteiger partial charge on any atom is 0.228 e. The van der Waals surface area contributed by atoms with Crippen molar-refractivity contribution in [1.29, 1.82) is 0 Å². The van der Waals surface area contributed by atoms with E-state index in [1.165, 1.54) is 5.56 Å². The molecule has 182 valence electrons. The van der Waals surface area contributed by atoms with Gasteiger partial charge in [0.1, 0.15) is 11.5 Å². The van der Waals surface area contributed by atoms with Crippen molar-refractivity contribution in [3.05, 3.63) is 60.7 Å². The number of fused-ring (bicyclic) bond motifs is 1. The fraction of sp³-hybridized carbons (Fsp3) is 0.407. The van der Waals surface area contributed by atoms with Gasteiger partial charge in [-0.1, -0.05) is 6.07 Å². The van der Waals surface area contributed by atoms with Crippen LogP contribution in [0.3, 0.4) is 0 Å². The monoisotopic (exact) mass is 470 g/mol. The number of nitrogens with one attached hydrogen (secondary N) is 1. The minimum atomic E-state index is 0.308. The van der Waals surface area contributed by atoms with Crippen molar-refractivity contribution in [3.63, 3.8) is 0 Å². The Morgan fingerprint density at radius 3 is 2.43 bits per heavy atom. The summed E-state index contributed by atoms with van der Waals surface area (Å²) in [4.78, 5) is 23.4. The summed E-state index contributed by atoms with van der Waals surface area (Å²) in [5, 5.41) is 4.35. The molecule has 4 aromatic heterocycles. The first kappa shape index (κ1) is 23.4. The number of nitrogens with zero attached hydrogens (tertiary/aromatic N) is 7. The van der Waals surface area contributed by atoms with Gasteiger partial charge in [0, 0.05) is 80.5 Å². The molecule has 0 saturated carbocycles. The van der Waals surface area contributed by atoms with Gasteiger partial charge in [0.2, 0.25) is 5.95 Å². The molecule has 8 heteroatoms. The van der Waals surface area contributed by atoms with Crippen LogP contribution < -0.4 is 5.32 Å². The smallest absolute Gasteiger partial charge is 0.228 e. The van der Waals surface area contributed by atoms with Gasteiger partial charge in [-0.15, -0.1) is 0 Å². The Morgan fingerprint density at radius 1 is 0.886 bits per heavy atom. The van der Waals surface area contributed by atoms with Gasteiger partial charge in [-0.25, -0.2) is 19.9 Å². The molecule has 1 aliphatic rings. The molecule has 0 unspecified atom stereocenters. The molecule has 35 heavy (non-hydrogen) atoms. The maximum atomic E-state index is 4.78. The third-order valence-corrected chi connectivity index (χ3v) is 6.69. The highest BCUT2D eigenvalue weighted by Crippen LogP contribution is 2.30. The molecule has 1 fully saturated rings. The molecule has 1 aliphatic heterocycles. The van der Waals surface area contributed by atoms with Gasteiger partial charge < -0.3 is 9.88 Å². The lowest BCUT2D eigenvalue weighted by atomic mass is 10.1. The number of pyridine rings is 2. The first-order valence-electron chi connectivity index (χ1n) is 12.5. The van der Waals surface area contributed by atoms with Crippen LogP contribution in [0.5, 0.6) is 0 Å². The molecule has 1 N–H and O–H groups in total. The fourth-order valence-electron chi connectivity index (χ4n) is 4.65. The fourth-order valence-corrected chi connectivity index (χ4v) is 4.65. The number of aromatic nitrogens is 5. The third-order valence-electron chi connectivity index (χ3n) is 6.69. The lowest BCUT2D eigenvalue weighted by Crippen LogP contribution is -2.48. The molecule has 4 aromatic rings. The summed E-state index contributed by atoms with van der Waals surface area (Å²) in [6.45, 7) is 14.2. The Balaban J connectivity index is 1.28. The Hall–Kier alpha value is -3.36. The summed E-state index contributed by atoms with van der Waals surface area (Å²) in [5.74, 6) is 1.27. The molecule has 8 nitrogen and oxygen atoms in total. The molecule has 0 bridgehead atoms. The summed E-state index contributed by atoms with van der Waals surface area (Å²) in [5.41, 5.74) is 4.09. The van der Waals surface area contributed by atoms with Crippen LogP contribution in [-0.4, -0.2) is 66.5 Å². The van der Waals surface area contributed by atoms with E-state index < -0.39 is 0 Å². The molecular weight excluding hydrogens is 436 g/mol. The number of rotatable bonds is 7. The van der Waals surface area contributed by atoms with Crippen molar-refractivity contribution >= 4 is 22.8 Å². The van der Waals surface area contributed by atoms with Crippen LogP contribution in [0.2, 0.25) is 0 Å². The van der Waals surface area contributed by atoms with Gasteiger partial charge >= 0.3 is 0 Å². The Labute approximate surface area is 207 Å². The van der Waals surface area contributed by atoms with Gasteiger partial charge in [-0.05, 0) is 57.5 Å². The van der Waals surface area contributed by atoms with Crippen LogP contribution in [0, 0.1) is 0 Å². The second kappa shape index (κ2) is 10.1. The molecular formula is C27H34N8. The van der Waals surface area contributed by atoms with E-state index in [0.717, 1.165) is 60.8 Å². The zero-order valence-corrected chi connectivity index (χ0v) is 21.0. The molecule has 0 atom stereocenters. The van der Waals surface area contributed by atoms with Gasteiger partial charge in [0.05, 0.1) is 5.69 Å². The molecule has 1 saturated heterocycles. The van der Waals surface area contributed by atoms with E-state index in [4.69, 9.17) is 4.98 Å². The highest BCUT2D eigenvalue weighted by Gasteiger charge is 2.19. The molecule has 0 amide bonds. The molecule has 0 aliphatic carbocycles. The van der Waals surface area contributed by atoms with Crippen molar-refractivity contribution in [2.75, 3.05) is 31.5 Å². The lowest BCUT2D eigenvalue weighted by molar-refractivity contribution is 0.104. The summed E-state index contributed by atoms with van der Waals surface area (Å²) in [6.07, 6.45) is 7.69. The Morgan fingerprint density at radius 2 is 1.71 bits per heavy atom. The standard InChI is InChI=1S/C27H34N8/c1-19(2)34-14-12-33(13-15-34)17-21-7-8-25(30-16-21)32-27-29-11-9-24(31-27)23-18-35(20(3)4)26-22(23)6-5-10-28-26/h5-11,16,18-20H,12-15,17H2,1-4H3,(H,29,30,31,32). The van der Waals surface area contributed by atoms with E-state index >= 15 is 0 Å². The van der Waals surface area contributed by atoms with Crippen molar-refractivity contribution in [2.45, 2.75) is 46.3 Å². The minimum absolute atomic E-state index is 0.308. The quantitative estimate of drug-likeness (QED) is 0.418. The van der Waals surface area contributed by atoms with Crippen LogP contribution in [0.1, 0.15) is 39.3 Å². The summed E-state index contributed by atoms with van der Waals surface area (Å²) in [7, 11) is 0. The van der Waals surface area contributed by atoms with E-state index in [1.54, 1.807) is 6.20 Å². The largest absolute Gasteiger partial charge is 0.329 e. The second-order valence-corrected chi connectivity index (χ2v) is 9.77. The van der Waals surface area contributed by atoms with Crippen LogP contribution in [0.4, 0.5) is 11.8 Å². The Kier molecular flexibility index (Phi) is 6.74. The lowest BCUT2D eigenvalue weighted by Gasteiger charge is -2.36. The number of hydrogen-bond donors (Lipinski definition) is 1. The average Bonchev–Trinajstić information content (AvgIpc) is 3.26. The Bertz CT molecular complexity index is 1270. The number of piperazine rings is 1. The van der Waals surface area contributed by atoms with Gasteiger partial charge in [-0.2, -0.15) is 0 Å². The first-order chi connectivity index (χ1) is 17.0. The molecule has 5 heterocycles. The molecule has 0 radical (unpaired) electrons. The van der Waals surface area contributed by atoms with E-state index in [-0.39, 0.29) is 0 Å². The summed E-state index contributed by atoms with van der Waals surface area (Å²) in [6, 6.07) is 11.1. The van der Waals surface area contributed by atoms with Crippen molar-refractivity contribution in [1.82, 2.24) is 34.3 Å². The number of hydrogen-bond acceptors (Lipinski definition) is 7. The normalized spacial score (nSPS) is 15.4. The molecule has 5 rings (SSSR count). The molecule has 0 aromatic carbocycles. The topological polar surface area (TPSA) is 75.0 Å². The predicted molar refractivity (Wildman–Crippen MR) is 141 cm³/mol. The van der Waals surface area contributed by atoms with E-state index in [1.807, 2.05) is 30.6 Å². The van der Waals surface area contributed by atoms with Gasteiger partial charge in [0.15, 0.2) is 0 Å². The van der Waals surface area contributed by atoms with E-state index in [2.05, 4.69) is 80.7 Å². The first-order valence-corrected chi connectivity index (χ1v) is 12.5. The van der Waals surface area contributed by atoms with Crippen molar-refractivity contribution < 1.29 is 0 Å². The van der Waals surface area contributed by atoms with Crippen molar-refractivity contribution in [3.8, 4) is 11.3 Å². The van der Waals surface area contributed by atoms with E-state index in [0.29, 0.717) is 18.0 Å².